The summed E-state index contributed by atoms with van der Waals surface area (Å²) in [4.78, 5) is 0. The van der Waals surface area contributed by atoms with Crippen molar-refractivity contribution in [3.05, 3.63) is 70.8 Å². The predicted octanol–water partition coefficient (Wildman–Crippen LogP) is 5.56. The first-order valence-corrected chi connectivity index (χ1v) is 9.98. The molecule has 0 atom stereocenters. The maximum absolute atomic E-state index is 5.98. The van der Waals surface area contributed by atoms with Crippen LogP contribution in [-0.2, 0) is 13.2 Å². The van der Waals surface area contributed by atoms with Crippen LogP contribution in [0.25, 0.3) is 0 Å². The molecule has 0 heterocycles. The van der Waals surface area contributed by atoms with Crippen LogP contribution in [0.3, 0.4) is 0 Å². The summed E-state index contributed by atoms with van der Waals surface area (Å²) in [6.07, 6.45) is 8.84. The molecule has 3 heteroatoms. The van der Waals surface area contributed by atoms with Crippen LogP contribution in [0.5, 0.6) is 11.5 Å². The van der Waals surface area contributed by atoms with E-state index in [1.807, 2.05) is 6.07 Å². The van der Waals surface area contributed by atoms with Crippen LogP contribution in [0, 0.1) is 6.92 Å². The predicted molar refractivity (Wildman–Crippen MR) is 111 cm³/mol. The minimum atomic E-state index is 0.546. The highest BCUT2D eigenvalue weighted by Gasteiger charge is 2.07. The van der Waals surface area contributed by atoms with Crippen molar-refractivity contribution in [3.8, 4) is 11.5 Å². The lowest BCUT2D eigenvalue weighted by Gasteiger charge is -2.14. The Labute approximate surface area is 163 Å². The van der Waals surface area contributed by atoms with E-state index in [1.54, 1.807) is 12.7 Å². The molecular weight excluding hydrogens is 334 g/mol. The molecule has 0 unspecified atom stereocenters. The lowest BCUT2D eigenvalue weighted by Crippen LogP contribution is -2.15. The van der Waals surface area contributed by atoms with Gasteiger partial charge in [0.1, 0.15) is 6.61 Å². The summed E-state index contributed by atoms with van der Waals surface area (Å²) in [6.45, 7) is 4.52. The van der Waals surface area contributed by atoms with Crippen molar-refractivity contribution >= 4 is 0 Å². The second-order valence-electron chi connectivity index (χ2n) is 7.30. The van der Waals surface area contributed by atoms with E-state index in [-0.39, 0.29) is 0 Å². The standard InChI is InChI=1S/C24H31NO2/c1-19-7-6-10-22(15-19)18-27-23-12-11-21(16-24(23)26-2)17-25-14-13-20-8-4-3-5-9-20/h6-8,10-12,15-16,25H,3-5,9,13-14,17-18H2,1-2H3. The van der Waals surface area contributed by atoms with Gasteiger partial charge in [-0.2, -0.15) is 0 Å². The molecule has 1 N–H and O–H groups in total. The van der Waals surface area contributed by atoms with Crippen molar-refractivity contribution in [1.29, 1.82) is 0 Å². The number of nitrogens with one attached hydrogen (secondary N) is 1. The van der Waals surface area contributed by atoms with Crippen LogP contribution >= 0.6 is 0 Å². The summed E-state index contributed by atoms with van der Waals surface area (Å²) in [5.74, 6) is 1.58. The van der Waals surface area contributed by atoms with E-state index in [2.05, 4.69) is 54.7 Å². The molecule has 0 aromatic heterocycles. The summed E-state index contributed by atoms with van der Waals surface area (Å²) in [6, 6.07) is 14.6. The SMILES string of the molecule is COc1cc(CNCCC2=CCCCC2)ccc1OCc1cccc(C)c1. The largest absolute Gasteiger partial charge is 0.493 e. The molecule has 2 aromatic carbocycles. The number of allylic oxidation sites excluding steroid dienone is 1. The van der Waals surface area contributed by atoms with Gasteiger partial charge in [-0.25, -0.2) is 0 Å². The number of hydrogen-bond acceptors (Lipinski definition) is 3. The Morgan fingerprint density at radius 1 is 1.00 bits per heavy atom. The summed E-state index contributed by atoms with van der Waals surface area (Å²) >= 11 is 0. The summed E-state index contributed by atoms with van der Waals surface area (Å²) in [5.41, 5.74) is 5.24. The minimum Gasteiger partial charge on any atom is -0.493 e. The van der Waals surface area contributed by atoms with Gasteiger partial charge in [-0.1, -0.05) is 47.5 Å². The van der Waals surface area contributed by atoms with Gasteiger partial charge in [0.15, 0.2) is 11.5 Å². The van der Waals surface area contributed by atoms with Crippen LogP contribution in [0.15, 0.2) is 54.1 Å². The topological polar surface area (TPSA) is 30.5 Å². The fourth-order valence-corrected chi connectivity index (χ4v) is 3.52. The normalized spacial score (nSPS) is 13.9. The van der Waals surface area contributed by atoms with Gasteiger partial charge >= 0.3 is 0 Å². The maximum Gasteiger partial charge on any atom is 0.161 e. The Morgan fingerprint density at radius 2 is 1.93 bits per heavy atom. The first-order valence-electron chi connectivity index (χ1n) is 9.98. The lowest BCUT2D eigenvalue weighted by molar-refractivity contribution is 0.284. The van der Waals surface area contributed by atoms with E-state index in [9.17, 15) is 0 Å². The van der Waals surface area contributed by atoms with Crippen molar-refractivity contribution in [2.45, 2.75) is 52.2 Å². The van der Waals surface area contributed by atoms with Gasteiger partial charge in [-0.15, -0.1) is 0 Å². The average molecular weight is 366 g/mol. The molecule has 0 saturated heterocycles. The molecule has 0 aliphatic heterocycles. The smallest absolute Gasteiger partial charge is 0.161 e. The van der Waals surface area contributed by atoms with Gasteiger partial charge in [0, 0.05) is 6.54 Å². The third-order valence-electron chi connectivity index (χ3n) is 5.04. The molecule has 2 aromatic rings. The molecular formula is C24H31NO2. The number of hydrogen-bond donors (Lipinski definition) is 1. The number of aryl methyl sites for hydroxylation is 1. The number of benzene rings is 2. The molecule has 3 nitrogen and oxygen atoms in total. The molecule has 27 heavy (non-hydrogen) atoms. The molecule has 0 radical (unpaired) electrons. The molecule has 3 rings (SSSR count). The van der Waals surface area contributed by atoms with Crippen LogP contribution in [0.1, 0.15) is 48.8 Å². The van der Waals surface area contributed by atoms with Crippen molar-refractivity contribution in [2.24, 2.45) is 0 Å². The Bertz CT molecular complexity index is 767. The zero-order valence-electron chi connectivity index (χ0n) is 16.6. The molecule has 0 fully saturated rings. The summed E-state index contributed by atoms with van der Waals surface area (Å²) < 4.78 is 11.5. The minimum absolute atomic E-state index is 0.546. The number of methoxy groups -OCH3 is 1. The quantitative estimate of drug-likeness (QED) is 0.466. The zero-order valence-corrected chi connectivity index (χ0v) is 16.6. The first kappa shape index (κ1) is 19.5. The third-order valence-corrected chi connectivity index (χ3v) is 5.04. The monoisotopic (exact) mass is 365 g/mol. The van der Waals surface area contributed by atoms with Gasteiger partial charge in [-0.05, 0) is 68.8 Å². The second kappa shape index (κ2) is 10.2. The third kappa shape index (κ3) is 6.14. The molecule has 144 valence electrons. The summed E-state index contributed by atoms with van der Waals surface area (Å²) in [7, 11) is 1.70. The van der Waals surface area contributed by atoms with Crippen molar-refractivity contribution in [1.82, 2.24) is 5.32 Å². The lowest BCUT2D eigenvalue weighted by atomic mass is 9.97. The van der Waals surface area contributed by atoms with Crippen molar-refractivity contribution < 1.29 is 9.47 Å². The molecule has 0 bridgehead atoms. The highest BCUT2D eigenvalue weighted by Crippen LogP contribution is 2.29. The summed E-state index contributed by atoms with van der Waals surface area (Å²) in [5, 5.41) is 3.55. The fourth-order valence-electron chi connectivity index (χ4n) is 3.52. The Hall–Kier alpha value is -2.26. The highest BCUT2D eigenvalue weighted by molar-refractivity contribution is 5.43. The van der Waals surface area contributed by atoms with Crippen LogP contribution in [0.2, 0.25) is 0 Å². The van der Waals surface area contributed by atoms with Crippen LogP contribution in [-0.4, -0.2) is 13.7 Å². The molecule has 0 saturated carbocycles. The Morgan fingerprint density at radius 3 is 2.70 bits per heavy atom. The van der Waals surface area contributed by atoms with E-state index in [4.69, 9.17) is 9.47 Å². The van der Waals surface area contributed by atoms with E-state index < -0.39 is 0 Å². The fraction of sp³-hybridized carbons (Fsp3) is 0.417. The van der Waals surface area contributed by atoms with E-state index >= 15 is 0 Å². The molecule has 0 amide bonds. The van der Waals surface area contributed by atoms with Gasteiger partial charge in [0.2, 0.25) is 0 Å². The Kier molecular flexibility index (Phi) is 7.35. The molecule has 0 spiro atoms. The van der Waals surface area contributed by atoms with Crippen LogP contribution < -0.4 is 14.8 Å². The van der Waals surface area contributed by atoms with E-state index in [0.29, 0.717) is 6.61 Å². The molecule has 1 aliphatic rings. The van der Waals surface area contributed by atoms with E-state index in [1.165, 1.54) is 42.4 Å². The second-order valence-corrected chi connectivity index (χ2v) is 7.30. The Balaban J connectivity index is 1.50. The number of ether oxygens (including phenoxy) is 2. The maximum atomic E-state index is 5.98. The zero-order chi connectivity index (χ0) is 18.9. The highest BCUT2D eigenvalue weighted by atomic mass is 16.5. The van der Waals surface area contributed by atoms with Gasteiger partial charge in [0.05, 0.1) is 7.11 Å². The average Bonchev–Trinajstić information content (AvgIpc) is 2.71. The number of rotatable bonds is 9. The molecule has 1 aliphatic carbocycles. The van der Waals surface area contributed by atoms with Crippen LogP contribution in [0.4, 0.5) is 0 Å². The van der Waals surface area contributed by atoms with Crippen molar-refractivity contribution in [2.75, 3.05) is 13.7 Å². The van der Waals surface area contributed by atoms with E-state index in [0.717, 1.165) is 31.0 Å². The van der Waals surface area contributed by atoms with Crippen molar-refractivity contribution in [3.63, 3.8) is 0 Å². The van der Waals surface area contributed by atoms with Gasteiger partial charge in [-0.3, -0.25) is 0 Å². The van der Waals surface area contributed by atoms with Gasteiger partial charge in [0.25, 0.3) is 0 Å². The first-order chi connectivity index (χ1) is 13.2. The van der Waals surface area contributed by atoms with Gasteiger partial charge < -0.3 is 14.8 Å².